The van der Waals surface area contributed by atoms with Crippen LogP contribution in [0.1, 0.15) is 53.9 Å². The predicted molar refractivity (Wildman–Crippen MR) is 65.6 cm³/mol. The van der Waals surface area contributed by atoms with Crippen molar-refractivity contribution in [3.05, 3.63) is 0 Å². The lowest BCUT2D eigenvalue weighted by Gasteiger charge is -2.46. The largest absolute Gasteiger partial charge is 0.305 e. The van der Waals surface area contributed by atoms with Crippen LogP contribution in [0.3, 0.4) is 0 Å². The number of hydrogen-bond donors (Lipinski definition) is 0. The van der Waals surface area contributed by atoms with Gasteiger partial charge in [0.25, 0.3) is 0 Å². The summed E-state index contributed by atoms with van der Waals surface area (Å²) in [6.45, 7) is 13.1. The van der Waals surface area contributed by atoms with Crippen LogP contribution in [0.5, 0.6) is 0 Å². The van der Waals surface area contributed by atoms with E-state index in [1.807, 2.05) is 27.7 Å². The first kappa shape index (κ1) is 14.0. The van der Waals surface area contributed by atoms with Crippen LogP contribution in [0.2, 0.25) is 0 Å². The molecule has 1 atom stereocenters. The Morgan fingerprint density at radius 3 is 1.86 bits per heavy atom. The summed E-state index contributed by atoms with van der Waals surface area (Å²) in [5, 5.41) is 0. The highest BCUT2D eigenvalue weighted by atomic mass is 15.2. The summed E-state index contributed by atoms with van der Waals surface area (Å²) in [5.41, 5.74) is 0.786. The zero-order chi connectivity index (χ0) is 11.2. The maximum absolute atomic E-state index is 2.44. The van der Waals surface area contributed by atoms with Crippen LogP contribution in [0.25, 0.3) is 0 Å². The van der Waals surface area contributed by atoms with Crippen LogP contribution in [0.15, 0.2) is 0 Å². The van der Waals surface area contributed by atoms with Gasteiger partial charge in [-0.3, -0.25) is 0 Å². The summed E-state index contributed by atoms with van der Waals surface area (Å²) in [7, 11) is 2.23. The van der Waals surface area contributed by atoms with Crippen molar-refractivity contribution in [2.45, 2.75) is 53.9 Å². The van der Waals surface area contributed by atoms with Gasteiger partial charge >= 0.3 is 0 Å². The van der Waals surface area contributed by atoms with Crippen molar-refractivity contribution in [1.82, 2.24) is 4.90 Å². The van der Waals surface area contributed by atoms with Crippen molar-refractivity contribution < 1.29 is 0 Å². The van der Waals surface area contributed by atoms with Gasteiger partial charge in [0, 0.05) is 13.1 Å². The molecule has 1 nitrogen and oxygen atoms in total. The van der Waals surface area contributed by atoms with Crippen LogP contribution in [0, 0.1) is 11.3 Å². The van der Waals surface area contributed by atoms with Gasteiger partial charge < -0.3 is 4.90 Å². The number of nitrogens with zero attached hydrogens (tertiary/aromatic N) is 1. The number of rotatable bonds is 0. The minimum Gasteiger partial charge on any atom is -0.305 e. The Hall–Kier alpha value is -0.0400. The fourth-order valence-electron chi connectivity index (χ4n) is 2.88. The van der Waals surface area contributed by atoms with Crippen molar-refractivity contribution in [2.24, 2.45) is 11.3 Å². The van der Waals surface area contributed by atoms with Crippen LogP contribution in [-0.2, 0) is 0 Å². The monoisotopic (exact) mass is 199 g/mol. The standard InChI is InChI=1S/C9H17N.2C2H6/c1-8-3-4-9(5-8)6-10(2)7-9;2*1-2/h8H,3-7H2,1-2H3;2*1-2H3. The summed E-state index contributed by atoms with van der Waals surface area (Å²) in [6.07, 6.45) is 4.48. The Labute approximate surface area is 90.9 Å². The lowest BCUT2D eigenvalue weighted by atomic mass is 9.78. The minimum atomic E-state index is 0.786. The quantitative estimate of drug-likeness (QED) is 0.574. The highest BCUT2D eigenvalue weighted by Crippen LogP contribution is 2.47. The molecule has 1 heteroatoms. The summed E-state index contributed by atoms with van der Waals surface area (Å²) in [4.78, 5) is 2.44. The Kier molecular flexibility index (Phi) is 6.43. The summed E-state index contributed by atoms with van der Waals surface area (Å²) >= 11 is 0. The molecule has 2 aliphatic rings. The van der Waals surface area contributed by atoms with Gasteiger partial charge in [0.1, 0.15) is 0 Å². The molecule has 1 aliphatic heterocycles. The minimum absolute atomic E-state index is 0.786. The predicted octanol–water partition coefficient (Wildman–Crippen LogP) is 3.79. The molecule has 0 bridgehead atoms. The van der Waals surface area contributed by atoms with Crippen LogP contribution < -0.4 is 0 Å². The fraction of sp³-hybridized carbons (Fsp3) is 1.00. The second kappa shape index (κ2) is 6.44. The molecule has 0 N–H and O–H groups in total. The van der Waals surface area contributed by atoms with Gasteiger partial charge in [0.05, 0.1) is 0 Å². The Morgan fingerprint density at radius 2 is 1.57 bits per heavy atom. The molecular weight excluding hydrogens is 170 g/mol. The smallest absolute Gasteiger partial charge is 0.00475 e. The maximum atomic E-state index is 2.44. The fourth-order valence-corrected chi connectivity index (χ4v) is 2.88. The van der Waals surface area contributed by atoms with Crippen molar-refractivity contribution in [1.29, 1.82) is 0 Å². The third kappa shape index (κ3) is 3.27. The second-order valence-electron chi connectivity index (χ2n) is 4.52. The van der Waals surface area contributed by atoms with Crippen LogP contribution in [0.4, 0.5) is 0 Å². The number of hydrogen-bond acceptors (Lipinski definition) is 1. The van der Waals surface area contributed by atoms with E-state index in [0.29, 0.717) is 0 Å². The molecule has 1 saturated carbocycles. The Bertz CT molecular complexity index is 131. The van der Waals surface area contributed by atoms with E-state index in [0.717, 1.165) is 11.3 Å². The first-order chi connectivity index (χ1) is 6.70. The van der Waals surface area contributed by atoms with Gasteiger partial charge in [-0.2, -0.15) is 0 Å². The van der Waals surface area contributed by atoms with Gasteiger partial charge in [-0.15, -0.1) is 0 Å². The molecule has 86 valence electrons. The maximum Gasteiger partial charge on any atom is 0.00475 e. The summed E-state index contributed by atoms with van der Waals surface area (Å²) in [6, 6.07) is 0. The molecule has 1 aliphatic carbocycles. The average molecular weight is 199 g/mol. The molecule has 2 rings (SSSR count). The van der Waals surface area contributed by atoms with Crippen molar-refractivity contribution in [2.75, 3.05) is 20.1 Å². The Balaban J connectivity index is 0.000000379. The SMILES string of the molecule is CC.CC.CC1CCC2(C1)CN(C)C2. The molecule has 1 unspecified atom stereocenters. The van der Waals surface area contributed by atoms with E-state index < -0.39 is 0 Å². The van der Waals surface area contributed by atoms with Crippen LogP contribution in [-0.4, -0.2) is 25.0 Å². The van der Waals surface area contributed by atoms with Gasteiger partial charge in [0.15, 0.2) is 0 Å². The van der Waals surface area contributed by atoms with E-state index in [2.05, 4.69) is 18.9 Å². The Morgan fingerprint density at radius 1 is 1.07 bits per heavy atom. The molecule has 1 heterocycles. The normalized spacial score (nSPS) is 28.3. The summed E-state index contributed by atoms with van der Waals surface area (Å²) in [5.74, 6) is 1.01. The summed E-state index contributed by atoms with van der Waals surface area (Å²) < 4.78 is 0. The number of likely N-dealkylation sites (tertiary alicyclic amines) is 1. The van der Waals surface area contributed by atoms with Crippen molar-refractivity contribution >= 4 is 0 Å². The second-order valence-corrected chi connectivity index (χ2v) is 4.52. The molecule has 1 saturated heterocycles. The van der Waals surface area contributed by atoms with Crippen LogP contribution >= 0.6 is 0 Å². The zero-order valence-corrected chi connectivity index (χ0v) is 11.1. The molecule has 0 aromatic heterocycles. The third-order valence-electron chi connectivity index (χ3n) is 3.16. The van der Waals surface area contributed by atoms with Gasteiger partial charge in [-0.1, -0.05) is 41.0 Å². The van der Waals surface area contributed by atoms with E-state index in [9.17, 15) is 0 Å². The van der Waals surface area contributed by atoms with Gasteiger partial charge in [-0.25, -0.2) is 0 Å². The van der Waals surface area contributed by atoms with E-state index in [1.165, 1.54) is 32.4 Å². The van der Waals surface area contributed by atoms with E-state index in [-0.39, 0.29) is 0 Å². The molecule has 0 aromatic carbocycles. The lowest BCUT2D eigenvalue weighted by molar-refractivity contribution is 0.0258. The zero-order valence-electron chi connectivity index (χ0n) is 11.1. The molecule has 0 radical (unpaired) electrons. The first-order valence-corrected chi connectivity index (χ1v) is 6.39. The third-order valence-corrected chi connectivity index (χ3v) is 3.16. The molecule has 0 amide bonds. The average Bonchev–Trinajstić information content (AvgIpc) is 2.54. The topological polar surface area (TPSA) is 3.24 Å². The molecule has 0 aromatic rings. The molecular formula is C13H29N. The van der Waals surface area contributed by atoms with Crippen molar-refractivity contribution in [3.63, 3.8) is 0 Å². The highest BCUT2D eigenvalue weighted by Gasteiger charge is 2.45. The van der Waals surface area contributed by atoms with E-state index >= 15 is 0 Å². The van der Waals surface area contributed by atoms with Gasteiger partial charge in [-0.05, 0) is 31.2 Å². The molecule has 14 heavy (non-hydrogen) atoms. The molecule has 1 spiro atoms. The lowest BCUT2D eigenvalue weighted by Crippen LogP contribution is -2.52. The first-order valence-electron chi connectivity index (χ1n) is 6.39. The van der Waals surface area contributed by atoms with E-state index in [1.54, 1.807) is 0 Å². The molecule has 2 fully saturated rings. The van der Waals surface area contributed by atoms with E-state index in [4.69, 9.17) is 0 Å². The van der Waals surface area contributed by atoms with Gasteiger partial charge in [0.2, 0.25) is 0 Å². The van der Waals surface area contributed by atoms with Crippen molar-refractivity contribution in [3.8, 4) is 0 Å². The highest BCUT2D eigenvalue weighted by molar-refractivity contribution is 4.98.